The summed E-state index contributed by atoms with van der Waals surface area (Å²) in [5.41, 5.74) is 0.997. The highest BCUT2D eigenvalue weighted by Gasteiger charge is 2.02. The molecule has 0 amide bonds. The summed E-state index contributed by atoms with van der Waals surface area (Å²) in [5, 5.41) is 4.11. The average Bonchev–Trinajstić information content (AvgIpc) is 2.35. The summed E-state index contributed by atoms with van der Waals surface area (Å²) in [6, 6.07) is 7.81. The van der Waals surface area contributed by atoms with Crippen LogP contribution in [-0.2, 0) is 4.74 Å². The van der Waals surface area contributed by atoms with Crippen molar-refractivity contribution in [3.63, 3.8) is 0 Å². The number of likely N-dealkylation sites (N-methyl/N-ethyl adjacent to an activating group) is 1. The maximum absolute atomic E-state index is 6.06. The van der Waals surface area contributed by atoms with Gasteiger partial charge in [0.2, 0.25) is 0 Å². The van der Waals surface area contributed by atoms with E-state index in [1.54, 1.807) is 7.11 Å². The quantitative estimate of drug-likeness (QED) is 0.774. The molecule has 0 saturated heterocycles. The number of nitrogens with zero attached hydrogens (tertiary/aromatic N) is 1. The summed E-state index contributed by atoms with van der Waals surface area (Å²) in [4.78, 5) is 2.34. The van der Waals surface area contributed by atoms with E-state index >= 15 is 0 Å². The lowest BCUT2D eigenvalue weighted by molar-refractivity contribution is 0.153. The minimum atomic E-state index is 0.771. The number of hydrogen-bond donors (Lipinski definition) is 1. The van der Waals surface area contributed by atoms with E-state index in [4.69, 9.17) is 16.3 Å². The third kappa shape index (κ3) is 5.39. The van der Waals surface area contributed by atoms with Gasteiger partial charge < -0.3 is 10.1 Å². The van der Waals surface area contributed by atoms with Crippen molar-refractivity contribution >= 4 is 17.3 Å². The first kappa shape index (κ1) is 14.3. The Hall–Kier alpha value is -0.770. The number of benzene rings is 1. The Bertz CT molecular complexity index is 320. The Balaban J connectivity index is 2.28. The molecule has 1 aromatic carbocycles. The zero-order valence-electron chi connectivity index (χ0n) is 10.6. The third-order valence-electron chi connectivity index (χ3n) is 2.68. The number of halogens is 1. The molecule has 4 heteroatoms. The topological polar surface area (TPSA) is 24.5 Å². The number of ether oxygens (including phenoxy) is 1. The van der Waals surface area contributed by atoms with Crippen molar-refractivity contribution in [2.45, 2.75) is 6.92 Å². The van der Waals surface area contributed by atoms with E-state index in [2.05, 4.69) is 17.1 Å². The Labute approximate surface area is 109 Å². The lowest BCUT2D eigenvalue weighted by Gasteiger charge is -2.20. The van der Waals surface area contributed by atoms with Crippen LogP contribution in [0.5, 0.6) is 0 Å². The van der Waals surface area contributed by atoms with Crippen LogP contribution in [0, 0.1) is 0 Å². The molecular formula is C13H21ClN2O. The zero-order valence-corrected chi connectivity index (χ0v) is 11.3. The minimum Gasteiger partial charge on any atom is -0.383 e. The number of anilines is 1. The van der Waals surface area contributed by atoms with Crippen LogP contribution in [0.3, 0.4) is 0 Å². The number of nitrogens with one attached hydrogen (secondary N) is 1. The molecule has 1 rings (SSSR count). The lowest BCUT2D eigenvalue weighted by atomic mass is 10.3. The molecule has 0 atom stereocenters. The van der Waals surface area contributed by atoms with Crippen LogP contribution >= 0.6 is 11.6 Å². The van der Waals surface area contributed by atoms with E-state index in [1.165, 1.54) is 0 Å². The molecule has 0 radical (unpaired) electrons. The molecular weight excluding hydrogens is 236 g/mol. The predicted molar refractivity (Wildman–Crippen MR) is 73.9 cm³/mol. The fraction of sp³-hybridized carbons (Fsp3) is 0.538. The van der Waals surface area contributed by atoms with Gasteiger partial charge in [-0.3, -0.25) is 4.90 Å². The number of para-hydroxylation sites is 1. The normalized spacial score (nSPS) is 10.8. The predicted octanol–water partition coefficient (Wildman–Crippen LogP) is 2.72. The summed E-state index contributed by atoms with van der Waals surface area (Å²) < 4.78 is 5.07. The molecule has 17 heavy (non-hydrogen) atoms. The monoisotopic (exact) mass is 256 g/mol. The van der Waals surface area contributed by atoms with Crippen LogP contribution in [0.25, 0.3) is 0 Å². The van der Waals surface area contributed by atoms with Gasteiger partial charge in [0.15, 0.2) is 0 Å². The lowest BCUT2D eigenvalue weighted by Crippen LogP contribution is -2.31. The van der Waals surface area contributed by atoms with E-state index in [0.29, 0.717) is 0 Å². The van der Waals surface area contributed by atoms with Gasteiger partial charge in [-0.05, 0) is 18.7 Å². The zero-order chi connectivity index (χ0) is 12.5. The highest BCUT2D eigenvalue weighted by atomic mass is 35.5. The molecule has 1 N–H and O–H groups in total. The summed E-state index contributed by atoms with van der Waals surface area (Å²) in [5.74, 6) is 0. The number of methoxy groups -OCH3 is 1. The van der Waals surface area contributed by atoms with Gasteiger partial charge in [0.1, 0.15) is 0 Å². The first-order chi connectivity index (χ1) is 8.27. The molecule has 0 heterocycles. The SMILES string of the molecule is CCN(CCNc1ccccc1Cl)CCOC. The highest BCUT2D eigenvalue weighted by molar-refractivity contribution is 6.33. The van der Waals surface area contributed by atoms with Crippen molar-refractivity contribution in [1.82, 2.24) is 4.90 Å². The van der Waals surface area contributed by atoms with Crippen molar-refractivity contribution in [2.24, 2.45) is 0 Å². The number of rotatable bonds is 8. The fourth-order valence-corrected chi connectivity index (χ4v) is 1.80. The molecule has 0 aliphatic rings. The van der Waals surface area contributed by atoms with E-state index in [9.17, 15) is 0 Å². The fourth-order valence-electron chi connectivity index (χ4n) is 1.60. The molecule has 0 aliphatic heterocycles. The van der Waals surface area contributed by atoms with Gasteiger partial charge in [0, 0.05) is 26.7 Å². The second kappa shape index (κ2) is 8.34. The Morgan fingerprint density at radius 3 is 2.71 bits per heavy atom. The van der Waals surface area contributed by atoms with Crippen molar-refractivity contribution in [3.8, 4) is 0 Å². The molecule has 0 fully saturated rings. The van der Waals surface area contributed by atoms with Gasteiger partial charge in [-0.1, -0.05) is 30.7 Å². The molecule has 3 nitrogen and oxygen atoms in total. The summed E-state index contributed by atoms with van der Waals surface area (Å²) in [6.07, 6.45) is 0. The summed E-state index contributed by atoms with van der Waals surface area (Å²) in [6.45, 7) is 6.82. The van der Waals surface area contributed by atoms with E-state index in [0.717, 1.165) is 43.5 Å². The highest BCUT2D eigenvalue weighted by Crippen LogP contribution is 2.19. The van der Waals surface area contributed by atoms with Crippen LogP contribution < -0.4 is 5.32 Å². The Morgan fingerprint density at radius 2 is 2.06 bits per heavy atom. The molecule has 0 saturated carbocycles. The number of hydrogen-bond acceptors (Lipinski definition) is 3. The van der Waals surface area contributed by atoms with Crippen LogP contribution in [0.4, 0.5) is 5.69 Å². The Kier molecular flexibility index (Phi) is 7.01. The summed E-state index contributed by atoms with van der Waals surface area (Å²) >= 11 is 6.06. The largest absolute Gasteiger partial charge is 0.383 e. The van der Waals surface area contributed by atoms with Crippen LogP contribution in [0.1, 0.15) is 6.92 Å². The average molecular weight is 257 g/mol. The molecule has 96 valence electrons. The summed E-state index contributed by atoms with van der Waals surface area (Å²) in [7, 11) is 1.73. The van der Waals surface area contributed by atoms with E-state index in [1.807, 2.05) is 24.3 Å². The van der Waals surface area contributed by atoms with Crippen molar-refractivity contribution in [3.05, 3.63) is 29.3 Å². The van der Waals surface area contributed by atoms with Crippen LogP contribution in [0.2, 0.25) is 5.02 Å². The smallest absolute Gasteiger partial charge is 0.0637 e. The standard InChI is InChI=1S/C13H21ClN2O/c1-3-16(10-11-17-2)9-8-15-13-7-5-4-6-12(13)14/h4-7,15H,3,8-11H2,1-2H3. The van der Waals surface area contributed by atoms with Gasteiger partial charge >= 0.3 is 0 Å². The van der Waals surface area contributed by atoms with Crippen LogP contribution in [-0.4, -0.2) is 44.8 Å². The molecule has 0 bridgehead atoms. The third-order valence-corrected chi connectivity index (χ3v) is 3.01. The Morgan fingerprint density at radius 1 is 1.29 bits per heavy atom. The van der Waals surface area contributed by atoms with E-state index in [-0.39, 0.29) is 0 Å². The molecule has 0 aromatic heterocycles. The van der Waals surface area contributed by atoms with Gasteiger partial charge in [0.05, 0.1) is 17.3 Å². The van der Waals surface area contributed by atoms with Gasteiger partial charge in [-0.2, -0.15) is 0 Å². The molecule has 1 aromatic rings. The van der Waals surface area contributed by atoms with E-state index < -0.39 is 0 Å². The molecule has 0 unspecified atom stereocenters. The first-order valence-corrected chi connectivity index (χ1v) is 6.35. The minimum absolute atomic E-state index is 0.771. The van der Waals surface area contributed by atoms with Gasteiger partial charge in [0.25, 0.3) is 0 Å². The van der Waals surface area contributed by atoms with Crippen molar-refractivity contribution in [1.29, 1.82) is 0 Å². The second-order valence-electron chi connectivity index (χ2n) is 3.83. The maximum Gasteiger partial charge on any atom is 0.0637 e. The second-order valence-corrected chi connectivity index (χ2v) is 4.24. The first-order valence-electron chi connectivity index (χ1n) is 5.97. The van der Waals surface area contributed by atoms with Gasteiger partial charge in [-0.15, -0.1) is 0 Å². The van der Waals surface area contributed by atoms with Crippen molar-refractivity contribution < 1.29 is 4.74 Å². The molecule has 0 aliphatic carbocycles. The maximum atomic E-state index is 6.06. The van der Waals surface area contributed by atoms with Crippen LogP contribution in [0.15, 0.2) is 24.3 Å². The molecule has 0 spiro atoms. The van der Waals surface area contributed by atoms with Crippen molar-refractivity contribution in [2.75, 3.05) is 45.2 Å². The van der Waals surface area contributed by atoms with Gasteiger partial charge in [-0.25, -0.2) is 0 Å².